The van der Waals surface area contributed by atoms with Crippen molar-refractivity contribution in [3.05, 3.63) is 90.5 Å². The third-order valence-corrected chi connectivity index (χ3v) is 5.92. The van der Waals surface area contributed by atoms with E-state index in [0.29, 0.717) is 5.16 Å². The van der Waals surface area contributed by atoms with E-state index in [-0.39, 0.29) is 17.7 Å². The molecule has 32 heavy (non-hydrogen) atoms. The number of methoxy groups -OCH3 is 1. The molecular formula is C25H24N4O2S. The Kier molecular flexibility index (Phi) is 6.87. The van der Waals surface area contributed by atoms with Gasteiger partial charge in [-0.2, -0.15) is 0 Å². The Labute approximate surface area is 191 Å². The summed E-state index contributed by atoms with van der Waals surface area (Å²) in [5.41, 5.74) is 2.85. The Bertz CT molecular complexity index is 1180. The summed E-state index contributed by atoms with van der Waals surface area (Å²) >= 11 is 1.36. The number of nitrogens with one attached hydrogen (secondary N) is 1. The van der Waals surface area contributed by atoms with Crippen molar-refractivity contribution in [2.45, 2.75) is 18.1 Å². The Balaban J connectivity index is 1.52. The molecule has 0 fully saturated rings. The minimum atomic E-state index is -0.175. The van der Waals surface area contributed by atoms with Crippen LogP contribution in [0.25, 0.3) is 17.1 Å². The van der Waals surface area contributed by atoms with Crippen molar-refractivity contribution in [2.24, 2.45) is 0 Å². The smallest absolute Gasteiger partial charge is 0.230 e. The maximum absolute atomic E-state index is 12.7. The Morgan fingerprint density at radius 3 is 2.34 bits per heavy atom. The van der Waals surface area contributed by atoms with Gasteiger partial charge >= 0.3 is 0 Å². The number of carbonyl (C=O) groups is 1. The van der Waals surface area contributed by atoms with E-state index in [0.717, 1.165) is 28.4 Å². The zero-order valence-corrected chi connectivity index (χ0v) is 18.8. The molecule has 162 valence electrons. The van der Waals surface area contributed by atoms with E-state index >= 15 is 0 Å². The highest BCUT2D eigenvalue weighted by Crippen LogP contribution is 2.28. The molecule has 4 rings (SSSR count). The normalized spacial score (nSPS) is 11.7. The summed E-state index contributed by atoms with van der Waals surface area (Å²) < 4.78 is 7.39. The molecule has 0 saturated carbocycles. The van der Waals surface area contributed by atoms with Gasteiger partial charge in [0.15, 0.2) is 11.0 Å². The van der Waals surface area contributed by atoms with Crippen LogP contribution in [0.3, 0.4) is 0 Å². The van der Waals surface area contributed by atoms with Crippen molar-refractivity contribution in [2.75, 3.05) is 12.9 Å². The van der Waals surface area contributed by atoms with Gasteiger partial charge in [-0.1, -0.05) is 78.5 Å². The maximum atomic E-state index is 12.7. The molecule has 0 saturated heterocycles. The summed E-state index contributed by atoms with van der Waals surface area (Å²) in [5.74, 6) is 1.63. The molecule has 1 amide bonds. The summed E-state index contributed by atoms with van der Waals surface area (Å²) in [5, 5.41) is 12.5. The van der Waals surface area contributed by atoms with Crippen LogP contribution in [0.5, 0.6) is 5.75 Å². The summed E-state index contributed by atoms with van der Waals surface area (Å²) in [6, 6.07) is 27.3. The lowest BCUT2D eigenvalue weighted by Gasteiger charge is -2.17. The third-order valence-electron chi connectivity index (χ3n) is 5.00. The SMILES string of the molecule is COc1ccccc1C(C)NC(=O)CSc1nnc(-c2ccccc2)n1-c1ccccc1. The van der Waals surface area contributed by atoms with E-state index in [1.165, 1.54) is 11.8 Å². The van der Waals surface area contributed by atoms with Crippen LogP contribution in [-0.2, 0) is 4.79 Å². The number of amides is 1. The number of carbonyl (C=O) groups excluding carboxylic acids is 1. The molecule has 0 aliphatic rings. The highest BCUT2D eigenvalue weighted by Gasteiger charge is 2.18. The minimum absolute atomic E-state index is 0.0859. The average molecular weight is 445 g/mol. The molecule has 1 aromatic heterocycles. The fourth-order valence-electron chi connectivity index (χ4n) is 3.46. The Morgan fingerprint density at radius 2 is 1.62 bits per heavy atom. The lowest BCUT2D eigenvalue weighted by molar-refractivity contribution is -0.119. The van der Waals surface area contributed by atoms with Crippen LogP contribution in [0.1, 0.15) is 18.5 Å². The molecular weight excluding hydrogens is 420 g/mol. The van der Waals surface area contributed by atoms with Crippen molar-refractivity contribution < 1.29 is 9.53 Å². The molecule has 3 aromatic carbocycles. The van der Waals surface area contributed by atoms with Gasteiger partial charge in [0.2, 0.25) is 5.91 Å². The number of benzene rings is 3. The first kappa shape index (κ1) is 21.6. The minimum Gasteiger partial charge on any atom is -0.496 e. The standard InChI is InChI=1S/C25H24N4O2S/c1-18(21-15-9-10-16-22(21)31-2)26-23(30)17-32-25-28-27-24(19-11-5-3-6-12-19)29(25)20-13-7-4-8-14-20/h3-16,18H,17H2,1-2H3,(H,26,30). The Morgan fingerprint density at radius 1 is 0.969 bits per heavy atom. The number of rotatable bonds is 8. The fraction of sp³-hybridized carbons (Fsp3) is 0.160. The second-order valence-corrected chi connectivity index (χ2v) is 8.11. The van der Waals surface area contributed by atoms with Gasteiger partial charge in [-0.05, 0) is 25.1 Å². The van der Waals surface area contributed by atoms with E-state index in [4.69, 9.17) is 4.74 Å². The largest absolute Gasteiger partial charge is 0.496 e. The molecule has 7 heteroatoms. The Hall–Kier alpha value is -3.58. The number of hydrogen-bond acceptors (Lipinski definition) is 5. The quantitative estimate of drug-likeness (QED) is 0.391. The molecule has 1 N–H and O–H groups in total. The summed E-state index contributed by atoms with van der Waals surface area (Å²) in [4.78, 5) is 12.7. The monoisotopic (exact) mass is 444 g/mol. The molecule has 0 aliphatic carbocycles. The van der Waals surface area contributed by atoms with Crippen LogP contribution in [0.4, 0.5) is 0 Å². The van der Waals surface area contributed by atoms with Gasteiger partial charge < -0.3 is 10.1 Å². The zero-order chi connectivity index (χ0) is 22.3. The van der Waals surface area contributed by atoms with Crippen molar-refractivity contribution in [3.8, 4) is 22.8 Å². The van der Waals surface area contributed by atoms with Gasteiger partial charge in [0.05, 0.1) is 18.9 Å². The number of thioether (sulfide) groups is 1. The molecule has 0 radical (unpaired) electrons. The van der Waals surface area contributed by atoms with Gasteiger partial charge in [0.25, 0.3) is 0 Å². The predicted molar refractivity (Wildman–Crippen MR) is 127 cm³/mol. The fourth-order valence-corrected chi connectivity index (χ4v) is 4.23. The number of aromatic nitrogens is 3. The van der Waals surface area contributed by atoms with Gasteiger partial charge in [-0.25, -0.2) is 0 Å². The van der Waals surface area contributed by atoms with Crippen LogP contribution in [0.15, 0.2) is 90.1 Å². The molecule has 1 unspecified atom stereocenters. The first-order chi connectivity index (χ1) is 15.7. The zero-order valence-electron chi connectivity index (χ0n) is 17.9. The van der Waals surface area contributed by atoms with Gasteiger partial charge in [0.1, 0.15) is 5.75 Å². The van der Waals surface area contributed by atoms with E-state index in [1.54, 1.807) is 7.11 Å². The molecule has 0 spiro atoms. The first-order valence-corrected chi connectivity index (χ1v) is 11.3. The third kappa shape index (κ3) is 4.84. The van der Waals surface area contributed by atoms with Crippen LogP contribution >= 0.6 is 11.8 Å². The summed E-state index contributed by atoms with van der Waals surface area (Å²) in [6.45, 7) is 1.94. The van der Waals surface area contributed by atoms with E-state index < -0.39 is 0 Å². The van der Waals surface area contributed by atoms with Gasteiger partial charge in [-0.3, -0.25) is 9.36 Å². The molecule has 0 aliphatic heterocycles. The van der Waals surface area contributed by atoms with E-state index in [9.17, 15) is 4.79 Å². The van der Waals surface area contributed by atoms with Crippen LogP contribution in [0, 0.1) is 0 Å². The molecule has 0 bridgehead atoms. The number of hydrogen-bond donors (Lipinski definition) is 1. The second kappa shape index (κ2) is 10.2. The van der Waals surface area contributed by atoms with E-state index in [1.807, 2.05) is 96.4 Å². The molecule has 1 heterocycles. The van der Waals surface area contributed by atoms with E-state index in [2.05, 4.69) is 15.5 Å². The topological polar surface area (TPSA) is 69.0 Å². The van der Waals surface area contributed by atoms with Crippen molar-refractivity contribution >= 4 is 17.7 Å². The number of nitrogens with zero attached hydrogens (tertiary/aromatic N) is 3. The molecule has 6 nitrogen and oxygen atoms in total. The highest BCUT2D eigenvalue weighted by atomic mass is 32.2. The van der Waals surface area contributed by atoms with Crippen LogP contribution in [-0.4, -0.2) is 33.5 Å². The van der Waals surface area contributed by atoms with Crippen LogP contribution < -0.4 is 10.1 Å². The number of para-hydroxylation sites is 2. The lowest BCUT2D eigenvalue weighted by Crippen LogP contribution is -2.28. The number of ether oxygens (including phenoxy) is 1. The summed E-state index contributed by atoms with van der Waals surface area (Å²) in [6.07, 6.45) is 0. The first-order valence-electron chi connectivity index (χ1n) is 10.3. The van der Waals surface area contributed by atoms with Gasteiger partial charge in [0, 0.05) is 16.8 Å². The highest BCUT2D eigenvalue weighted by molar-refractivity contribution is 7.99. The van der Waals surface area contributed by atoms with Crippen molar-refractivity contribution in [3.63, 3.8) is 0 Å². The molecule has 1 atom stereocenters. The van der Waals surface area contributed by atoms with Crippen molar-refractivity contribution in [1.82, 2.24) is 20.1 Å². The maximum Gasteiger partial charge on any atom is 0.230 e. The van der Waals surface area contributed by atoms with Gasteiger partial charge in [-0.15, -0.1) is 10.2 Å². The lowest BCUT2D eigenvalue weighted by atomic mass is 10.1. The second-order valence-electron chi connectivity index (χ2n) is 7.16. The predicted octanol–water partition coefficient (Wildman–Crippen LogP) is 4.91. The van der Waals surface area contributed by atoms with Crippen LogP contribution in [0.2, 0.25) is 0 Å². The van der Waals surface area contributed by atoms with Crippen molar-refractivity contribution in [1.29, 1.82) is 0 Å². The average Bonchev–Trinajstić information content (AvgIpc) is 3.28. The molecule has 4 aromatic rings. The summed E-state index contributed by atoms with van der Waals surface area (Å²) in [7, 11) is 1.63.